The molecular weight excluding hydrogens is 498 g/mol. The van der Waals surface area contributed by atoms with Crippen LogP contribution in [0.25, 0.3) is 10.4 Å². The number of amidine groups is 1. The number of thiol groups is 1. The summed E-state index contributed by atoms with van der Waals surface area (Å²) in [6.45, 7) is 4.55. The Bertz CT molecular complexity index is 1270. The third-order valence-electron chi connectivity index (χ3n) is 7.50. The molecule has 11 heteroatoms. The zero-order valence-electron chi connectivity index (χ0n) is 21.0. The number of aromatic nitrogens is 1. The normalized spacial score (nSPS) is 29.5. The number of nitrogens with zero attached hydrogens (tertiary/aromatic N) is 4. The third-order valence-corrected chi connectivity index (χ3v) is 10.2. The van der Waals surface area contributed by atoms with Crippen molar-refractivity contribution in [3.63, 3.8) is 0 Å². The molecule has 2 saturated heterocycles. The molecule has 0 radical (unpaired) electrons. The van der Waals surface area contributed by atoms with Crippen molar-refractivity contribution in [2.24, 2.45) is 4.99 Å². The summed E-state index contributed by atoms with van der Waals surface area (Å²) in [5.41, 5.74) is 3.52. The Labute approximate surface area is 216 Å². The lowest BCUT2D eigenvalue weighted by atomic mass is 9.91. The number of aryl methyl sites for hydroxylation is 1. The number of carbonyl (C=O) groups is 2. The standard InChI is InChI=1S/C25H33N5O4S2/c1-15-21(35-14-26-15)16-7-9-17(10-8-16)25(2)24(33)27-22(28-25)20-12-18(31)13-29(20)23(32)19-6-5-11-30(19)36(3,4)34/h7-10,14,18-20,31,36H,5-6,11-13H2,1-4H3,(H,27,28,33)/t18-,19-,20+,25+/m1/s1. The van der Waals surface area contributed by atoms with E-state index >= 15 is 0 Å². The summed E-state index contributed by atoms with van der Waals surface area (Å²) in [6.07, 6.45) is 4.39. The fourth-order valence-corrected chi connectivity index (χ4v) is 7.85. The van der Waals surface area contributed by atoms with Crippen LogP contribution in [0.1, 0.15) is 37.4 Å². The number of likely N-dealkylation sites (tertiary alicyclic amines) is 1. The van der Waals surface area contributed by atoms with Crippen LogP contribution in [0.3, 0.4) is 0 Å². The smallest absolute Gasteiger partial charge is 0.277 e. The maximum absolute atomic E-state index is 13.6. The van der Waals surface area contributed by atoms with Crippen LogP contribution in [0.4, 0.5) is 0 Å². The van der Waals surface area contributed by atoms with Gasteiger partial charge in [0.2, 0.25) is 5.91 Å². The SMILES string of the molecule is Cc1ncsc1-c1ccc([C@]2(C)NC([C@@H]3C[C@@H](O)CN3C(=O)[C@H]3CCCN3[SH](C)(C)=O)=NC2=O)cc1. The molecule has 36 heavy (non-hydrogen) atoms. The molecule has 4 atom stereocenters. The fraction of sp³-hybridized carbons (Fsp3) is 0.520. The van der Waals surface area contributed by atoms with E-state index in [0.29, 0.717) is 25.2 Å². The van der Waals surface area contributed by atoms with Crippen LogP contribution in [0, 0.1) is 6.92 Å². The molecule has 194 valence electrons. The summed E-state index contributed by atoms with van der Waals surface area (Å²) in [4.78, 5) is 38.1. The first-order valence-electron chi connectivity index (χ1n) is 12.2. The predicted molar refractivity (Wildman–Crippen MR) is 142 cm³/mol. The highest BCUT2D eigenvalue weighted by Crippen LogP contribution is 2.34. The van der Waals surface area contributed by atoms with Gasteiger partial charge in [-0.1, -0.05) is 34.4 Å². The second-order valence-electron chi connectivity index (χ2n) is 10.4. The summed E-state index contributed by atoms with van der Waals surface area (Å²) in [7, 11) is -2.60. The van der Waals surface area contributed by atoms with Gasteiger partial charge in [-0.15, -0.1) is 11.3 Å². The molecule has 0 bridgehead atoms. The second-order valence-corrected chi connectivity index (χ2v) is 14.4. The van der Waals surface area contributed by atoms with Crippen molar-refractivity contribution in [1.82, 2.24) is 19.5 Å². The summed E-state index contributed by atoms with van der Waals surface area (Å²) >= 11 is 1.57. The lowest BCUT2D eigenvalue weighted by Gasteiger charge is -2.35. The molecule has 3 aliphatic heterocycles. The van der Waals surface area contributed by atoms with Crippen LogP contribution in [0.5, 0.6) is 0 Å². The third kappa shape index (κ3) is 4.31. The number of aliphatic hydroxyl groups excluding tert-OH is 1. The molecular formula is C25H33N5O4S2. The van der Waals surface area contributed by atoms with Crippen molar-refractivity contribution in [3.8, 4) is 10.4 Å². The summed E-state index contributed by atoms with van der Waals surface area (Å²) in [5, 5.41) is 13.8. The van der Waals surface area contributed by atoms with E-state index in [0.717, 1.165) is 28.1 Å². The summed E-state index contributed by atoms with van der Waals surface area (Å²) in [6, 6.07) is 6.78. The van der Waals surface area contributed by atoms with Gasteiger partial charge in [-0.2, -0.15) is 4.99 Å². The molecule has 2 fully saturated rings. The summed E-state index contributed by atoms with van der Waals surface area (Å²) in [5.74, 6) is -0.0922. The van der Waals surface area contributed by atoms with Crippen LogP contribution in [-0.2, 0) is 25.2 Å². The van der Waals surface area contributed by atoms with E-state index in [2.05, 4.69) is 15.3 Å². The van der Waals surface area contributed by atoms with Gasteiger partial charge in [-0.05, 0) is 37.8 Å². The van der Waals surface area contributed by atoms with Crippen molar-refractivity contribution in [1.29, 1.82) is 0 Å². The first kappa shape index (κ1) is 25.2. The number of rotatable bonds is 5. The molecule has 1 aromatic carbocycles. The average molecular weight is 532 g/mol. The number of hydrogen-bond donors (Lipinski definition) is 3. The first-order valence-corrected chi connectivity index (χ1v) is 15.7. The van der Waals surface area contributed by atoms with E-state index in [1.54, 1.807) is 35.7 Å². The molecule has 2 N–H and O–H groups in total. The topological polar surface area (TPSA) is 115 Å². The van der Waals surface area contributed by atoms with Crippen LogP contribution in [-0.4, -0.2) is 84.9 Å². The molecule has 0 aliphatic carbocycles. The van der Waals surface area contributed by atoms with E-state index in [4.69, 9.17) is 0 Å². The van der Waals surface area contributed by atoms with Crippen LogP contribution in [0.15, 0.2) is 34.8 Å². The highest BCUT2D eigenvalue weighted by atomic mass is 32.3. The number of β-amino-alcohol motifs (C(OH)–C–C–N with tert-alkyl or cyclic N) is 1. The lowest BCUT2D eigenvalue weighted by Crippen LogP contribution is -2.54. The fourth-order valence-electron chi connectivity index (χ4n) is 5.53. The number of nitrogens with one attached hydrogen (secondary N) is 1. The minimum Gasteiger partial charge on any atom is -0.391 e. The first-order chi connectivity index (χ1) is 17.0. The Morgan fingerprint density at radius 3 is 2.64 bits per heavy atom. The zero-order chi connectivity index (χ0) is 25.8. The van der Waals surface area contributed by atoms with Crippen LogP contribution < -0.4 is 5.32 Å². The summed E-state index contributed by atoms with van der Waals surface area (Å²) < 4.78 is 14.6. The Kier molecular flexibility index (Phi) is 6.39. The van der Waals surface area contributed by atoms with Gasteiger partial charge in [0, 0.05) is 32.0 Å². The number of benzene rings is 1. The maximum Gasteiger partial charge on any atom is 0.277 e. The van der Waals surface area contributed by atoms with Gasteiger partial charge < -0.3 is 15.3 Å². The molecule has 1 aromatic heterocycles. The molecule has 0 saturated carbocycles. The molecule has 0 spiro atoms. The molecule has 2 aromatic rings. The Hall–Kier alpha value is -2.47. The minimum absolute atomic E-state index is 0.159. The zero-order valence-corrected chi connectivity index (χ0v) is 22.7. The highest BCUT2D eigenvalue weighted by molar-refractivity contribution is 7.99. The van der Waals surface area contributed by atoms with Gasteiger partial charge >= 0.3 is 0 Å². The number of carbonyl (C=O) groups excluding carboxylic acids is 2. The molecule has 3 aliphatic rings. The van der Waals surface area contributed by atoms with E-state index < -0.39 is 33.8 Å². The number of thiazole rings is 1. The molecule has 5 rings (SSSR count). The van der Waals surface area contributed by atoms with Crippen molar-refractivity contribution in [2.45, 2.75) is 56.8 Å². The number of aliphatic imine (C=N–C) groups is 1. The van der Waals surface area contributed by atoms with E-state index in [1.807, 2.05) is 41.0 Å². The predicted octanol–water partition coefficient (Wildman–Crippen LogP) is 1.48. The molecule has 2 amide bonds. The Morgan fingerprint density at radius 1 is 1.28 bits per heavy atom. The van der Waals surface area contributed by atoms with Gasteiger partial charge in [-0.3, -0.25) is 13.8 Å². The van der Waals surface area contributed by atoms with Gasteiger partial charge in [0.15, 0.2) is 0 Å². The molecule has 4 heterocycles. The van der Waals surface area contributed by atoms with Crippen LogP contribution >= 0.6 is 11.3 Å². The van der Waals surface area contributed by atoms with Crippen molar-refractivity contribution < 1.29 is 18.9 Å². The highest BCUT2D eigenvalue weighted by Gasteiger charge is 2.49. The largest absolute Gasteiger partial charge is 0.391 e. The maximum atomic E-state index is 13.6. The molecule has 9 nitrogen and oxygen atoms in total. The number of amides is 2. The van der Waals surface area contributed by atoms with Crippen molar-refractivity contribution in [2.75, 3.05) is 25.6 Å². The number of aliphatic hydroxyl groups is 1. The van der Waals surface area contributed by atoms with E-state index in [-0.39, 0.29) is 18.4 Å². The van der Waals surface area contributed by atoms with Crippen molar-refractivity contribution >= 4 is 39.1 Å². The van der Waals surface area contributed by atoms with Gasteiger partial charge in [0.25, 0.3) is 5.91 Å². The Balaban J connectivity index is 1.37. The lowest BCUT2D eigenvalue weighted by molar-refractivity contribution is -0.134. The quantitative estimate of drug-likeness (QED) is 0.504. The monoisotopic (exact) mass is 531 g/mol. The average Bonchev–Trinajstić information content (AvgIpc) is 3.60. The minimum atomic E-state index is -2.60. The second kappa shape index (κ2) is 9.13. The number of hydrogen-bond acceptors (Lipinski definition) is 7. The Morgan fingerprint density at radius 2 is 2.00 bits per heavy atom. The van der Waals surface area contributed by atoms with Gasteiger partial charge in [0.1, 0.15) is 11.4 Å². The van der Waals surface area contributed by atoms with Gasteiger partial charge in [0.05, 0.1) is 34.3 Å². The van der Waals surface area contributed by atoms with Crippen molar-refractivity contribution in [3.05, 3.63) is 41.0 Å². The van der Waals surface area contributed by atoms with E-state index in [1.165, 1.54) is 0 Å². The molecule has 0 unspecified atom stereocenters. The van der Waals surface area contributed by atoms with Crippen LogP contribution in [0.2, 0.25) is 0 Å². The van der Waals surface area contributed by atoms with Gasteiger partial charge in [-0.25, -0.2) is 9.29 Å². The van der Waals surface area contributed by atoms with E-state index in [9.17, 15) is 18.9 Å².